The molecule has 1 amide bonds. The van der Waals surface area contributed by atoms with E-state index in [1.165, 1.54) is 4.80 Å². The van der Waals surface area contributed by atoms with E-state index in [9.17, 15) is 4.79 Å². The number of rotatable bonds is 7. The van der Waals surface area contributed by atoms with Crippen molar-refractivity contribution in [3.63, 3.8) is 0 Å². The van der Waals surface area contributed by atoms with E-state index in [2.05, 4.69) is 20.7 Å². The Morgan fingerprint density at radius 3 is 2.70 bits per heavy atom. The van der Waals surface area contributed by atoms with E-state index in [1.54, 1.807) is 24.3 Å². The van der Waals surface area contributed by atoms with Crippen molar-refractivity contribution in [2.75, 3.05) is 6.61 Å². The molecule has 2 unspecified atom stereocenters. The Balaban J connectivity index is 2.13. The fourth-order valence-corrected chi connectivity index (χ4v) is 2.26. The second kappa shape index (κ2) is 8.03. The molecule has 2 aromatic rings. The summed E-state index contributed by atoms with van der Waals surface area (Å²) in [6.07, 6.45) is 1.04. The van der Waals surface area contributed by atoms with Gasteiger partial charge in [-0.05, 0) is 49.2 Å². The molecule has 2 rings (SSSR count). The molecular formula is C15H20ClN5O2. The van der Waals surface area contributed by atoms with Crippen LogP contribution in [-0.2, 0) is 4.79 Å². The van der Waals surface area contributed by atoms with Crippen molar-refractivity contribution in [2.45, 2.75) is 38.8 Å². The fraction of sp³-hybridized carbons (Fsp3) is 0.467. The molecule has 124 valence electrons. The van der Waals surface area contributed by atoms with Crippen LogP contribution in [0.4, 0.5) is 0 Å². The SMILES string of the molecule is CCC(C(=O)NC(C)CCO)n1nnc(-c2ccc(Cl)cc2)n1. The maximum Gasteiger partial charge on any atom is 0.247 e. The topological polar surface area (TPSA) is 92.9 Å². The first kappa shape index (κ1) is 17.4. The lowest BCUT2D eigenvalue weighted by Gasteiger charge is -2.17. The zero-order valence-corrected chi connectivity index (χ0v) is 13.9. The van der Waals surface area contributed by atoms with Crippen molar-refractivity contribution in [1.29, 1.82) is 0 Å². The van der Waals surface area contributed by atoms with E-state index in [1.807, 2.05) is 13.8 Å². The summed E-state index contributed by atoms with van der Waals surface area (Å²) in [5, 5.41) is 24.7. The van der Waals surface area contributed by atoms with Crippen molar-refractivity contribution in [3.05, 3.63) is 29.3 Å². The average Bonchev–Trinajstić information content (AvgIpc) is 2.98. The minimum atomic E-state index is -0.537. The van der Waals surface area contributed by atoms with Gasteiger partial charge in [-0.15, -0.1) is 10.2 Å². The highest BCUT2D eigenvalue weighted by Crippen LogP contribution is 2.18. The summed E-state index contributed by atoms with van der Waals surface area (Å²) in [7, 11) is 0. The number of carbonyl (C=O) groups excluding carboxylic acids is 1. The van der Waals surface area contributed by atoms with Crippen LogP contribution in [0.5, 0.6) is 0 Å². The molecule has 1 aromatic heterocycles. The van der Waals surface area contributed by atoms with Gasteiger partial charge in [-0.2, -0.15) is 4.80 Å². The first-order valence-corrected chi connectivity index (χ1v) is 7.89. The summed E-state index contributed by atoms with van der Waals surface area (Å²) in [5.41, 5.74) is 0.782. The Hall–Kier alpha value is -1.99. The Bertz CT molecular complexity index is 644. The van der Waals surface area contributed by atoms with Gasteiger partial charge in [-0.1, -0.05) is 18.5 Å². The maximum atomic E-state index is 12.3. The van der Waals surface area contributed by atoms with Crippen molar-refractivity contribution < 1.29 is 9.90 Å². The molecule has 2 atom stereocenters. The summed E-state index contributed by atoms with van der Waals surface area (Å²) in [4.78, 5) is 13.6. The zero-order valence-electron chi connectivity index (χ0n) is 13.1. The Morgan fingerprint density at radius 2 is 2.09 bits per heavy atom. The van der Waals surface area contributed by atoms with Crippen LogP contribution in [0.2, 0.25) is 5.02 Å². The predicted molar refractivity (Wildman–Crippen MR) is 86.9 cm³/mol. The van der Waals surface area contributed by atoms with Gasteiger partial charge in [0.15, 0.2) is 6.04 Å². The summed E-state index contributed by atoms with van der Waals surface area (Å²) in [6.45, 7) is 3.75. The third-order valence-corrected chi connectivity index (χ3v) is 3.70. The summed E-state index contributed by atoms with van der Waals surface area (Å²) in [5.74, 6) is 0.254. The number of carbonyl (C=O) groups is 1. The van der Waals surface area contributed by atoms with E-state index in [4.69, 9.17) is 16.7 Å². The summed E-state index contributed by atoms with van der Waals surface area (Å²) < 4.78 is 0. The van der Waals surface area contributed by atoms with Crippen LogP contribution >= 0.6 is 11.6 Å². The van der Waals surface area contributed by atoms with Gasteiger partial charge in [0.25, 0.3) is 0 Å². The largest absolute Gasteiger partial charge is 0.396 e. The number of halogens is 1. The molecule has 8 heteroatoms. The first-order chi connectivity index (χ1) is 11.0. The second-order valence-corrected chi connectivity index (χ2v) is 5.72. The number of aliphatic hydroxyl groups excluding tert-OH is 1. The van der Waals surface area contributed by atoms with Crippen molar-refractivity contribution >= 4 is 17.5 Å². The van der Waals surface area contributed by atoms with Crippen LogP contribution in [0.25, 0.3) is 11.4 Å². The molecule has 2 N–H and O–H groups in total. The molecule has 0 bridgehead atoms. The predicted octanol–water partition coefficient (Wildman–Crippen LogP) is 1.83. The Labute approximate surface area is 139 Å². The molecular weight excluding hydrogens is 318 g/mol. The third-order valence-electron chi connectivity index (χ3n) is 3.45. The highest BCUT2D eigenvalue weighted by atomic mass is 35.5. The standard InChI is InChI=1S/C15H20ClN5O2/c1-3-13(15(23)17-10(2)8-9-22)21-19-14(18-20-21)11-4-6-12(16)7-5-11/h4-7,10,13,22H,3,8-9H2,1-2H3,(H,17,23). The maximum absolute atomic E-state index is 12.3. The van der Waals surface area contributed by atoms with Crippen LogP contribution in [0.3, 0.4) is 0 Å². The normalized spacial score (nSPS) is 13.6. The highest BCUT2D eigenvalue weighted by molar-refractivity contribution is 6.30. The minimum Gasteiger partial charge on any atom is -0.396 e. The highest BCUT2D eigenvalue weighted by Gasteiger charge is 2.23. The third kappa shape index (κ3) is 4.49. The van der Waals surface area contributed by atoms with Crippen molar-refractivity contribution in [3.8, 4) is 11.4 Å². The molecule has 1 aromatic carbocycles. The smallest absolute Gasteiger partial charge is 0.247 e. The number of amides is 1. The molecule has 0 fully saturated rings. The monoisotopic (exact) mass is 337 g/mol. The van der Waals surface area contributed by atoms with Crippen LogP contribution in [0.1, 0.15) is 32.7 Å². The minimum absolute atomic E-state index is 0.0283. The van der Waals surface area contributed by atoms with Gasteiger partial charge in [-0.3, -0.25) is 4.79 Å². The molecule has 7 nitrogen and oxygen atoms in total. The van der Waals surface area contributed by atoms with Crippen LogP contribution in [0.15, 0.2) is 24.3 Å². The first-order valence-electron chi connectivity index (χ1n) is 7.51. The lowest BCUT2D eigenvalue weighted by Crippen LogP contribution is -2.39. The summed E-state index contributed by atoms with van der Waals surface area (Å²) >= 11 is 5.86. The van der Waals surface area contributed by atoms with Gasteiger partial charge in [0.05, 0.1) is 0 Å². The number of hydrogen-bond donors (Lipinski definition) is 2. The molecule has 0 aliphatic rings. The number of benzene rings is 1. The Morgan fingerprint density at radius 1 is 1.39 bits per heavy atom. The number of nitrogens with zero attached hydrogens (tertiary/aromatic N) is 4. The van der Waals surface area contributed by atoms with Gasteiger partial charge in [-0.25, -0.2) is 0 Å². The molecule has 0 aliphatic carbocycles. The van der Waals surface area contributed by atoms with E-state index in [0.29, 0.717) is 23.7 Å². The van der Waals surface area contributed by atoms with E-state index in [0.717, 1.165) is 5.56 Å². The number of nitrogens with one attached hydrogen (secondary N) is 1. The average molecular weight is 338 g/mol. The Kier molecular flexibility index (Phi) is 6.06. The van der Waals surface area contributed by atoms with Crippen molar-refractivity contribution in [1.82, 2.24) is 25.5 Å². The quantitative estimate of drug-likeness (QED) is 0.804. The van der Waals surface area contributed by atoms with E-state index < -0.39 is 6.04 Å². The molecule has 0 spiro atoms. The second-order valence-electron chi connectivity index (χ2n) is 5.29. The van der Waals surface area contributed by atoms with Gasteiger partial charge >= 0.3 is 0 Å². The molecule has 0 radical (unpaired) electrons. The summed E-state index contributed by atoms with van der Waals surface area (Å²) in [6, 6.07) is 6.45. The van der Waals surface area contributed by atoms with Crippen LogP contribution in [0, 0.1) is 0 Å². The molecule has 0 aliphatic heterocycles. The molecule has 0 saturated carbocycles. The fourth-order valence-electron chi connectivity index (χ4n) is 2.13. The zero-order chi connectivity index (χ0) is 16.8. The van der Waals surface area contributed by atoms with Crippen LogP contribution in [-0.4, -0.2) is 43.9 Å². The molecule has 1 heterocycles. The van der Waals surface area contributed by atoms with Gasteiger partial charge in [0.2, 0.25) is 11.7 Å². The number of aromatic nitrogens is 4. The number of hydrogen-bond acceptors (Lipinski definition) is 5. The van der Waals surface area contributed by atoms with Gasteiger partial charge < -0.3 is 10.4 Å². The van der Waals surface area contributed by atoms with Gasteiger partial charge in [0.1, 0.15) is 0 Å². The number of tetrazole rings is 1. The van der Waals surface area contributed by atoms with Gasteiger partial charge in [0, 0.05) is 23.2 Å². The van der Waals surface area contributed by atoms with Crippen LogP contribution < -0.4 is 5.32 Å². The molecule has 23 heavy (non-hydrogen) atoms. The van der Waals surface area contributed by atoms with E-state index in [-0.39, 0.29) is 18.6 Å². The lowest BCUT2D eigenvalue weighted by atomic mass is 10.2. The van der Waals surface area contributed by atoms with E-state index >= 15 is 0 Å². The number of aliphatic hydroxyl groups is 1. The van der Waals surface area contributed by atoms with Crippen molar-refractivity contribution in [2.24, 2.45) is 0 Å². The molecule has 0 saturated heterocycles. The lowest BCUT2D eigenvalue weighted by molar-refractivity contribution is -0.125.